The van der Waals surface area contributed by atoms with Crippen LogP contribution in [0.25, 0.3) is 0 Å². The number of rotatable bonds is 4. The molecule has 0 spiro atoms. The average molecular weight is 305 g/mol. The summed E-state index contributed by atoms with van der Waals surface area (Å²) in [6.45, 7) is 7.04. The number of hydrogen-bond acceptors (Lipinski definition) is 2. The third kappa shape index (κ3) is 4.23. The minimum atomic E-state index is -0.0196. The predicted molar refractivity (Wildman–Crippen MR) is 86.8 cm³/mol. The molecule has 0 amide bonds. The lowest BCUT2D eigenvalue weighted by Crippen LogP contribution is -2.10. The first-order chi connectivity index (χ1) is 9.90. The third-order valence-electron chi connectivity index (χ3n) is 3.39. The summed E-state index contributed by atoms with van der Waals surface area (Å²) < 4.78 is 5.73. The van der Waals surface area contributed by atoms with E-state index < -0.39 is 0 Å². The second kappa shape index (κ2) is 6.50. The Balaban J connectivity index is 2.03. The summed E-state index contributed by atoms with van der Waals surface area (Å²) in [7, 11) is 0. The molecule has 0 atom stereocenters. The van der Waals surface area contributed by atoms with Crippen LogP contribution in [-0.4, -0.2) is 5.11 Å². The standard InChI is InChI=1S/C18H21ClO2/c1-18(2,3)15-7-4-13(5-8-15)12-21-17-9-6-14(11-20)10-16(17)19/h4-10,20H,11-12H2,1-3H3. The van der Waals surface area contributed by atoms with Crippen molar-refractivity contribution in [2.75, 3.05) is 0 Å². The first-order valence-electron chi connectivity index (χ1n) is 7.01. The van der Waals surface area contributed by atoms with E-state index in [1.165, 1.54) is 5.56 Å². The molecule has 0 saturated heterocycles. The summed E-state index contributed by atoms with van der Waals surface area (Å²) in [4.78, 5) is 0. The normalized spacial score (nSPS) is 11.5. The number of benzene rings is 2. The summed E-state index contributed by atoms with van der Waals surface area (Å²) >= 11 is 6.12. The van der Waals surface area contributed by atoms with E-state index in [9.17, 15) is 0 Å². The van der Waals surface area contributed by atoms with Gasteiger partial charge in [-0.25, -0.2) is 0 Å². The van der Waals surface area contributed by atoms with E-state index in [0.29, 0.717) is 17.4 Å². The van der Waals surface area contributed by atoms with E-state index in [2.05, 4.69) is 45.0 Å². The maximum atomic E-state index is 9.05. The molecule has 0 heterocycles. The Hall–Kier alpha value is -1.51. The van der Waals surface area contributed by atoms with Gasteiger partial charge in [0.15, 0.2) is 0 Å². The van der Waals surface area contributed by atoms with Crippen molar-refractivity contribution in [2.24, 2.45) is 0 Å². The minimum absolute atomic E-state index is 0.0196. The third-order valence-corrected chi connectivity index (χ3v) is 3.69. The van der Waals surface area contributed by atoms with Crippen molar-refractivity contribution in [1.29, 1.82) is 0 Å². The van der Waals surface area contributed by atoms with Gasteiger partial charge in [0.1, 0.15) is 12.4 Å². The highest BCUT2D eigenvalue weighted by atomic mass is 35.5. The first kappa shape index (κ1) is 15.9. The van der Waals surface area contributed by atoms with Crippen LogP contribution < -0.4 is 4.74 Å². The molecule has 0 aliphatic rings. The fourth-order valence-corrected chi connectivity index (χ4v) is 2.28. The van der Waals surface area contributed by atoms with E-state index in [4.69, 9.17) is 21.4 Å². The molecule has 21 heavy (non-hydrogen) atoms. The van der Waals surface area contributed by atoms with Crippen molar-refractivity contribution in [2.45, 2.75) is 39.4 Å². The van der Waals surface area contributed by atoms with E-state index >= 15 is 0 Å². The zero-order chi connectivity index (χ0) is 15.5. The highest BCUT2D eigenvalue weighted by Crippen LogP contribution is 2.27. The molecule has 0 saturated carbocycles. The van der Waals surface area contributed by atoms with Crippen molar-refractivity contribution >= 4 is 11.6 Å². The van der Waals surface area contributed by atoms with E-state index in [-0.39, 0.29) is 12.0 Å². The molecule has 0 fully saturated rings. The van der Waals surface area contributed by atoms with Gasteiger partial charge < -0.3 is 9.84 Å². The zero-order valence-electron chi connectivity index (χ0n) is 12.7. The Morgan fingerprint density at radius 3 is 2.14 bits per heavy atom. The number of aliphatic hydroxyl groups excluding tert-OH is 1. The molecule has 0 aromatic heterocycles. The van der Waals surface area contributed by atoms with Crippen molar-refractivity contribution in [1.82, 2.24) is 0 Å². The fraction of sp³-hybridized carbons (Fsp3) is 0.333. The van der Waals surface area contributed by atoms with Gasteiger partial charge in [0.2, 0.25) is 0 Å². The molecule has 2 nitrogen and oxygen atoms in total. The van der Waals surface area contributed by atoms with Crippen LogP contribution in [0, 0.1) is 0 Å². The van der Waals surface area contributed by atoms with Crippen molar-refractivity contribution in [3.63, 3.8) is 0 Å². The van der Waals surface area contributed by atoms with Crippen LogP contribution in [0.4, 0.5) is 0 Å². The van der Waals surface area contributed by atoms with Gasteiger partial charge in [-0.2, -0.15) is 0 Å². The minimum Gasteiger partial charge on any atom is -0.487 e. The maximum Gasteiger partial charge on any atom is 0.138 e. The Labute approximate surface area is 131 Å². The van der Waals surface area contributed by atoms with Crippen LogP contribution >= 0.6 is 11.6 Å². The number of aliphatic hydroxyl groups is 1. The van der Waals surface area contributed by atoms with Gasteiger partial charge in [0, 0.05) is 0 Å². The molecule has 0 aliphatic carbocycles. The second-order valence-corrected chi connectivity index (χ2v) is 6.57. The van der Waals surface area contributed by atoms with Crippen molar-refractivity contribution in [3.05, 3.63) is 64.2 Å². The summed E-state index contributed by atoms with van der Waals surface area (Å²) in [5, 5.41) is 9.57. The van der Waals surface area contributed by atoms with Gasteiger partial charge in [0.05, 0.1) is 11.6 Å². The molecule has 0 radical (unpaired) electrons. The number of halogens is 1. The number of ether oxygens (including phenoxy) is 1. The van der Waals surface area contributed by atoms with E-state index in [1.807, 2.05) is 6.07 Å². The summed E-state index contributed by atoms with van der Waals surface area (Å²) in [6, 6.07) is 13.7. The highest BCUT2D eigenvalue weighted by molar-refractivity contribution is 6.32. The molecule has 112 valence electrons. The van der Waals surface area contributed by atoms with Gasteiger partial charge >= 0.3 is 0 Å². The van der Waals surface area contributed by atoms with Crippen LogP contribution in [0.5, 0.6) is 5.75 Å². The van der Waals surface area contributed by atoms with Crippen LogP contribution in [0.3, 0.4) is 0 Å². The van der Waals surface area contributed by atoms with Gasteiger partial charge in [-0.1, -0.05) is 62.7 Å². The molecule has 0 aliphatic heterocycles. The van der Waals surface area contributed by atoms with Crippen LogP contribution in [0.15, 0.2) is 42.5 Å². The lowest BCUT2D eigenvalue weighted by molar-refractivity contribution is 0.281. The lowest BCUT2D eigenvalue weighted by atomic mass is 9.87. The average Bonchev–Trinajstić information content (AvgIpc) is 2.45. The predicted octanol–water partition coefficient (Wildman–Crippen LogP) is 4.71. The Morgan fingerprint density at radius 2 is 1.62 bits per heavy atom. The summed E-state index contributed by atoms with van der Waals surface area (Å²) in [5.74, 6) is 0.633. The highest BCUT2D eigenvalue weighted by Gasteiger charge is 2.12. The topological polar surface area (TPSA) is 29.5 Å². The molecule has 0 unspecified atom stereocenters. The van der Waals surface area contributed by atoms with E-state index in [1.54, 1.807) is 12.1 Å². The Kier molecular flexibility index (Phi) is 4.92. The van der Waals surface area contributed by atoms with Gasteiger partial charge in [-0.15, -0.1) is 0 Å². The molecule has 2 rings (SSSR count). The molecule has 3 heteroatoms. The maximum absolute atomic E-state index is 9.05. The molecule has 1 N–H and O–H groups in total. The monoisotopic (exact) mass is 304 g/mol. The SMILES string of the molecule is CC(C)(C)c1ccc(COc2ccc(CO)cc2Cl)cc1. The fourth-order valence-electron chi connectivity index (χ4n) is 2.02. The molecular formula is C18H21ClO2. The van der Waals surface area contributed by atoms with Gasteiger partial charge in [0.25, 0.3) is 0 Å². The summed E-state index contributed by atoms with van der Waals surface area (Å²) in [5.41, 5.74) is 3.34. The quantitative estimate of drug-likeness (QED) is 0.886. The zero-order valence-corrected chi connectivity index (χ0v) is 13.4. The molecule has 2 aromatic rings. The number of hydrogen-bond donors (Lipinski definition) is 1. The Bertz CT molecular complexity index is 598. The van der Waals surface area contributed by atoms with Gasteiger partial charge in [-0.3, -0.25) is 0 Å². The second-order valence-electron chi connectivity index (χ2n) is 6.16. The van der Waals surface area contributed by atoms with Crippen molar-refractivity contribution in [3.8, 4) is 5.75 Å². The molecule has 2 aromatic carbocycles. The smallest absolute Gasteiger partial charge is 0.138 e. The van der Waals surface area contributed by atoms with Crippen LogP contribution in [0.1, 0.15) is 37.5 Å². The van der Waals surface area contributed by atoms with Crippen molar-refractivity contribution < 1.29 is 9.84 Å². The Morgan fingerprint density at radius 1 is 1.00 bits per heavy atom. The van der Waals surface area contributed by atoms with E-state index in [0.717, 1.165) is 11.1 Å². The van der Waals surface area contributed by atoms with Gasteiger partial charge in [-0.05, 0) is 34.2 Å². The molecular weight excluding hydrogens is 284 g/mol. The first-order valence-corrected chi connectivity index (χ1v) is 7.39. The largest absolute Gasteiger partial charge is 0.487 e. The van der Waals surface area contributed by atoms with Crippen LogP contribution in [-0.2, 0) is 18.6 Å². The summed E-state index contributed by atoms with van der Waals surface area (Å²) in [6.07, 6.45) is 0. The van der Waals surface area contributed by atoms with Crippen LogP contribution in [0.2, 0.25) is 5.02 Å². The lowest BCUT2D eigenvalue weighted by Gasteiger charge is -2.19. The molecule has 0 bridgehead atoms.